The number of carbonyl (C=O) groups is 1. The first kappa shape index (κ1) is 28.6. The molecule has 39 heavy (non-hydrogen) atoms. The van der Waals surface area contributed by atoms with E-state index in [-0.39, 0.29) is 25.7 Å². The molecule has 1 aliphatic heterocycles. The third kappa shape index (κ3) is 8.29. The van der Waals surface area contributed by atoms with Gasteiger partial charge in [-0.15, -0.1) is 0 Å². The molecule has 0 unspecified atom stereocenters. The minimum absolute atomic E-state index is 0.0171. The van der Waals surface area contributed by atoms with Crippen molar-refractivity contribution in [2.75, 3.05) is 53.1 Å². The number of carbonyl (C=O) groups excluding carboxylic acids is 1. The molecule has 1 N–H and O–H groups in total. The second-order valence-electron chi connectivity index (χ2n) is 10.4. The number of hydrogen-bond donors (Lipinski definition) is 1. The lowest BCUT2D eigenvalue weighted by molar-refractivity contribution is -0.138. The smallest absolute Gasteiger partial charge is 0.248 e. The molecule has 4 rings (SSSR count). The standard InChI is InChI=1S/C30H40N4O5/c1-24(2)29-31-13-14-33(29)17-18-38-27-11-9-25(10-12-27)19-32-15-16-34(28(35)20-37-3)22-30(36,21-32)23-39-26-7-5-4-6-8-26/h4-14,24,36H,15-23H2,1-3H3/t30-/m1/s1. The van der Waals surface area contributed by atoms with Gasteiger partial charge in [0.15, 0.2) is 0 Å². The van der Waals surface area contributed by atoms with Gasteiger partial charge in [0.2, 0.25) is 5.91 Å². The molecule has 1 aliphatic rings. The number of imidazole rings is 1. The molecular formula is C30H40N4O5. The van der Waals surface area contributed by atoms with E-state index in [9.17, 15) is 9.90 Å². The highest BCUT2D eigenvalue weighted by molar-refractivity contribution is 5.77. The number of β-amino-alcohol motifs (C(OH)–C–C–N with tert-alkyl or cyclic N) is 1. The third-order valence-electron chi connectivity index (χ3n) is 6.76. The zero-order chi connectivity index (χ0) is 27.7. The summed E-state index contributed by atoms with van der Waals surface area (Å²) in [6.45, 7) is 7.94. The molecule has 0 spiro atoms. The van der Waals surface area contributed by atoms with E-state index in [0.29, 0.717) is 44.5 Å². The van der Waals surface area contributed by atoms with Gasteiger partial charge in [-0.3, -0.25) is 9.69 Å². The van der Waals surface area contributed by atoms with E-state index >= 15 is 0 Å². The van der Waals surface area contributed by atoms with Gasteiger partial charge in [0, 0.05) is 51.6 Å². The fourth-order valence-corrected chi connectivity index (χ4v) is 4.85. The molecule has 1 saturated heterocycles. The van der Waals surface area contributed by atoms with Crippen LogP contribution in [0.3, 0.4) is 0 Å². The van der Waals surface area contributed by atoms with Crippen molar-refractivity contribution in [3.63, 3.8) is 0 Å². The van der Waals surface area contributed by atoms with Crippen molar-refractivity contribution >= 4 is 5.91 Å². The molecule has 3 aromatic rings. The third-order valence-corrected chi connectivity index (χ3v) is 6.76. The fourth-order valence-electron chi connectivity index (χ4n) is 4.85. The first-order valence-electron chi connectivity index (χ1n) is 13.5. The Morgan fingerprint density at radius 1 is 1.03 bits per heavy atom. The molecule has 9 heteroatoms. The number of rotatable bonds is 12. The number of methoxy groups -OCH3 is 1. The highest BCUT2D eigenvalue weighted by atomic mass is 16.5. The predicted molar refractivity (Wildman–Crippen MR) is 149 cm³/mol. The Hall–Kier alpha value is -3.40. The maximum absolute atomic E-state index is 12.6. The number of aromatic nitrogens is 2. The Labute approximate surface area is 230 Å². The molecule has 1 atom stereocenters. The highest BCUT2D eigenvalue weighted by Crippen LogP contribution is 2.21. The van der Waals surface area contributed by atoms with Gasteiger partial charge < -0.3 is 28.8 Å². The summed E-state index contributed by atoms with van der Waals surface area (Å²) in [5, 5.41) is 11.6. The van der Waals surface area contributed by atoms with Crippen LogP contribution in [0.2, 0.25) is 0 Å². The van der Waals surface area contributed by atoms with E-state index in [4.69, 9.17) is 14.2 Å². The molecule has 0 bridgehead atoms. The molecule has 0 radical (unpaired) electrons. The van der Waals surface area contributed by atoms with Gasteiger partial charge in [-0.25, -0.2) is 4.98 Å². The minimum atomic E-state index is -1.24. The van der Waals surface area contributed by atoms with Crippen molar-refractivity contribution in [1.29, 1.82) is 0 Å². The van der Waals surface area contributed by atoms with E-state index in [1.807, 2.05) is 67.0 Å². The SMILES string of the molecule is COCC(=O)N1CCN(Cc2ccc(OCCn3ccnc3C(C)C)cc2)C[C@](O)(COc2ccccc2)C1. The van der Waals surface area contributed by atoms with Crippen LogP contribution in [-0.4, -0.2) is 89.1 Å². The van der Waals surface area contributed by atoms with Crippen molar-refractivity contribution in [2.45, 2.75) is 38.5 Å². The number of benzene rings is 2. The molecule has 0 aliphatic carbocycles. The average molecular weight is 537 g/mol. The number of nitrogens with zero attached hydrogens (tertiary/aromatic N) is 4. The summed E-state index contributed by atoms with van der Waals surface area (Å²) in [7, 11) is 1.50. The van der Waals surface area contributed by atoms with Gasteiger partial charge in [0.1, 0.15) is 42.7 Å². The first-order valence-corrected chi connectivity index (χ1v) is 13.5. The Kier molecular flexibility index (Phi) is 9.97. The quantitative estimate of drug-likeness (QED) is 0.380. The first-order chi connectivity index (χ1) is 18.8. The van der Waals surface area contributed by atoms with Crippen molar-refractivity contribution < 1.29 is 24.1 Å². The Morgan fingerprint density at radius 3 is 2.49 bits per heavy atom. The van der Waals surface area contributed by atoms with Crippen LogP contribution in [0.1, 0.15) is 31.2 Å². The molecule has 2 aromatic carbocycles. The van der Waals surface area contributed by atoms with Crippen LogP contribution >= 0.6 is 0 Å². The number of para-hydroxylation sites is 1. The molecule has 1 aromatic heterocycles. The van der Waals surface area contributed by atoms with Gasteiger partial charge >= 0.3 is 0 Å². The predicted octanol–water partition coefficient (Wildman–Crippen LogP) is 3.19. The van der Waals surface area contributed by atoms with Crippen LogP contribution < -0.4 is 9.47 Å². The molecular weight excluding hydrogens is 496 g/mol. The van der Waals surface area contributed by atoms with Gasteiger partial charge in [-0.05, 0) is 29.8 Å². The second-order valence-corrected chi connectivity index (χ2v) is 10.4. The van der Waals surface area contributed by atoms with Gasteiger partial charge in [-0.2, -0.15) is 0 Å². The Morgan fingerprint density at radius 2 is 1.77 bits per heavy atom. The maximum Gasteiger partial charge on any atom is 0.248 e. The van der Waals surface area contributed by atoms with E-state index < -0.39 is 5.60 Å². The second kappa shape index (κ2) is 13.6. The molecule has 210 valence electrons. The minimum Gasteiger partial charge on any atom is -0.492 e. The van der Waals surface area contributed by atoms with Crippen molar-refractivity contribution in [3.8, 4) is 11.5 Å². The lowest BCUT2D eigenvalue weighted by atomic mass is 10.0. The Bertz CT molecular complexity index is 1170. The summed E-state index contributed by atoms with van der Waals surface area (Å²) in [6.07, 6.45) is 3.81. The maximum atomic E-state index is 12.6. The molecule has 1 fully saturated rings. The van der Waals surface area contributed by atoms with Crippen molar-refractivity contribution in [3.05, 3.63) is 78.4 Å². The van der Waals surface area contributed by atoms with E-state index in [2.05, 4.69) is 28.3 Å². The summed E-state index contributed by atoms with van der Waals surface area (Å²) < 4.78 is 19.1. The summed E-state index contributed by atoms with van der Waals surface area (Å²) in [6, 6.07) is 17.4. The van der Waals surface area contributed by atoms with Crippen LogP contribution in [0.4, 0.5) is 0 Å². The van der Waals surface area contributed by atoms with Crippen LogP contribution in [0, 0.1) is 0 Å². The number of hydrogen-bond acceptors (Lipinski definition) is 7. The number of ether oxygens (including phenoxy) is 3. The topological polar surface area (TPSA) is 89.3 Å². The normalized spacial score (nSPS) is 18.2. The molecule has 1 amide bonds. The van der Waals surface area contributed by atoms with Crippen LogP contribution in [-0.2, 0) is 22.6 Å². The van der Waals surface area contributed by atoms with Crippen LogP contribution in [0.15, 0.2) is 67.0 Å². The molecule has 0 saturated carbocycles. The van der Waals surface area contributed by atoms with Gasteiger partial charge in [0.05, 0.1) is 13.1 Å². The summed E-state index contributed by atoms with van der Waals surface area (Å²) in [5.74, 6) is 2.77. The van der Waals surface area contributed by atoms with E-state index in [1.54, 1.807) is 4.90 Å². The van der Waals surface area contributed by atoms with Crippen molar-refractivity contribution in [2.24, 2.45) is 0 Å². The van der Waals surface area contributed by atoms with Crippen LogP contribution in [0.25, 0.3) is 0 Å². The van der Waals surface area contributed by atoms with Crippen molar-refractivity contribution in [1.82, 2.24) is 19.4 Å². The average Bonchev–Trinajstić information content (AvgIpc) is 3.33. The van der Waals surface area contributed by atoms with E-state index in [1.165, 1.54) is 7.11 Å². The zero-order valence-corrected chi connectivity index (χ0v) is 23.2. The number of aliphatic hydroxyl groups is 1. The fraction of sp³-hybridized carbons (Fsp3) is 0.467. The monoisotopic (exact) mass is 536 g/mol. The van der Waals surface area contributed by atoms with Gasteiger partial charge in [-0.1, -0.05) is 44.2 Å². The highest BCUT2D eigenvalue weighted by Gasteiger charge is 2.37. The summed E-state index contributed by atoms with van der Waals surface area (Å²) >= 11 is 0. The Balaban J connectivity index is 1.36. The lowest BCUT2D eigenvalue weighted by Gasteiger charge is -2.33. The summed E-state index contributed by atoms with van der Waals surface area (Å²) in [5.41, 5.74) is -0.136. The summed E-state index contributed by atoms with van der Waals surface area (Å²) in [4.78, 5) is 20.9. The van der Waals surface area contributed by atoms with E-state index in [0.717, 1.165) is 23.7 Å². The van der Waals surface area contributed by atoms with Crippen LogP contribution in [0.5, 0.6) is 11.5 Å². The lowest BCUT2D eigenvalue weighted by Crippen LogP contribution is -2.52. The largest absolute Gasteiger partial charge is 0.492 e. The van der Waals surface area contributed by atoms with Gasteiger partial charge in [0.25, 0.3) is 0 Å². The molecule has 2 heterocycles. The zero-order valence-electron chi connectivity index (χ0n) is 23.2. The number of amides is 1. The molecule has 9 nitrogen and oxygen atoms in total.